The van der Waals surface area contributed by atoms with Crippen molar-refractivity contribution in [3.8, 4) is 11.5 Å². The zero-order valence-corrected chi connectivity index (χ0v) is 25.0. The van der Waals surface area contributed by atoms with E-state index >= 15 is 0 Å². The van der Waals surface area contributed by atoms with Crippen LogP contribution >= 0.6 is 0 Å². The molecule has 0 bridgehead atoms. The summed E-state index contributed by atoms with van der Waals surface area (Å²) in [5.74, 6) is -1.73. The van der Waals surface area contributed by atoms with Crippen LogP contribution in [0.5, 0.6) is 11.5 Å². The number of ether oxygens (including phenoxy) is 2. The average Bonchev–Trinajstić information content (AvgIpc) is 2.96. The lowest BCUT2D eigenvalue weighted by Crippen LogP contribution is -2.53. The second kappa shape index (κ2) is 14.1. The zero-order chi connectivity index (χ0) is 31.0. The Balaban J connectivity index is 2.09. The number of benzene rings is 3. The number of amides is 2. The van der Waals surface area contributed by atoms with E-state index in [4.69, 9.17) is 9.47 Å². The van der Waals surface area contributed by atoms with E-state index in [1.165, 1.54) is 73.7 Å². The molecule has 0 aliphatic heterocycles. The van der Waals surface area contributed by atoms with Crippen LogP contribution in [0.25, 0.3) is 0 Å². The Kier molecular flexibility index (Phi) is 10.9. The summed E-state index contributed by atoms with van der Waals surface area (Å²) in [5.41, 5.74) is 0.567. The number of sulfonamides is 1. The van der Waals surface area contributed by atoms with Crippen molar-refractivity contribution in [2.24, 2.45) is 0 Å². The molecule has 0 aliphatic carbocycles. The van der Waals surface area contributed by atoms with Crippen molar-refractivity contribution in [1.82, 2.24) is 10.2 Å². The van der Waals surface area contributed by atoms with Crippen molar-refractivity contribution >= 4 is 27.5 Å². The quantitative estimate of drug-likeness (QED) is 0.308. The van der Waals surface area contributed by atoms with E-state index in [0.29, 0.717) is 11.3 Å². The van der Waals surface area contributed by atoms with Gasteiger partial charge in [0, 0.05) is 18.7 Å². The first kappa shape index (κ1) is 32.3. The molecule has 0 heterocycles. The molecule has 0 aliphatic rings. The van der Waals surface area contributed by atoms with E-state index in [9.17, 15) is 26.8 Å². The number of carbonyl (C=O) groups excluding carboxylic acids is 2. The number of hydrogen-bond acceptors (Lipinski definition) is 6. The van der Waals surface area contributed by atoms with Gasteiger partial charge in [-0.15, -0.1) is 0 Å². The lowest BCUT2D eigenvalue weighted by Gasteiger charge is -2.33. The Hall–Kier alpha value is -4.19. The number of halogens is 2. The van der Waals surface area contributed by atoms with Crippen LogP contribution in [0, 0.1) is 11.6 Å². The average molecular weight is 604 g/mol. The molecule has 0 spiro atoms. The SMILES string of the molecule is CC[C@H](C(=O)NC(C)C)N(Cc1ccc(F)cc1)C(=O)CN(c1ccc(F)cc1)S(=O)(=O)c1ccc(OC)c(OC)c1. The number of methoxy groups -OCH3 is 2. The van der Waals surface area contributed by atoms with Crippen molar-refractivity contribution < 1.29 is 36.3 Å². The highest BCUT2D eigenvalue weighted by Gasteiger charge is 2.34. The number of nitrogens with zero attached hydrogens (tertiary/aromatic N) is 2. The fraction of sp³-hybridized carbons (Fsp3) is 0.333. The van der Waals surface area contributed by atoms with Crippen molar-refractivity contribution in [2.75, 3.05) is 25.1 Å². The molecule has 42 heavy (non-hydrogen) atoms. The van der Waals surface area contributed by atoms with Crippen molar-refractivity contribution in [3.05, 3.63) is 83.9 Å². The Morgan fingerprint density at radius 1 is 0.881 bits per heavy atom. The summed E-state index contributed by atoms with van der Waals surface area (Å²) in [6.45, 7) is 4.49. The fourth-order valence-electron chi connectivity index (χ4n) is 4.33. The van der Waals surface area contributed by atoms with Gasteiger partial charge in [-0.3, -0.25) is 13.9 Å². The van der Waals surface area contributed by atoms with Crippen LogP contribution in [-0.2, 0) is 26.2 Å². The maximum Gasteiger partial charge on any atom is 0.264 e. The molecule has 3 rings (SSSR count). The first-order valence-corrected chi connectivity index (χ1v) is 14.7. The molecule has 0 saturated carbocycles. The van der Waals surface area contributed by atoms with Crippen molar-refractivity contribution in [3.63, 3.8) is 0 Å². The van der Waals surface area contributed by atoms with E-state index in [1.54, 1.807) is 20.8 Å². The Morgan fingerprint density at radius 3 is 1.98 bits per heavy atom. The predicted molar refractivity (Wildman–Crippen MR) is 155 cm³/mol. The number of anilines is 1. The zero-order valence-electron chi connectivity index (χ0n) is 24.1. The van der Waals surface area contributed by atoms with Gasteiger partial charge in [0.05, 0.1) is 24.8 Å². The molecule has 9 nitrogen and oxygen atoms in total. The summed E-state index contributed by atoms with van der Waals surface area (Å²) in [7, 11) is -1.66. The molecule has 226 valence electrons. The molecule has 3 aromatic rings. The molecular weight excluding hydrogens is 568 g/mol. The number of carbonyl (C=O) groups is 2. The van der Waals surface area contributed by atoms with E-state index in [2.05, 4.69) is 5.32 Å². The highest BCUT2D eigenvalue weighted by atomic mass is 32.2. The Labute approximate surface area is 245 Å². The van der Waals surface area contributed by atoms with Gasteiger partial charge in [0.15, 0.2) is 11.5 Å². The highest BCUT2D eigenvalue weighted by Crippen LogP contribution is 2.32. The van der Waals surface area contributed by atoms with Gasteiger partial charge in [0.2, 0.25) is 11.8 Å². The lowest BCUT2D eigenvalue weighted by molar-refractivity contribution is -0.140. The smallest absolute Gasteiger partial charge is 0.264 e. The first-order chi connectivity index (χ1) is 19.9. The molecule has 0 radical (unpaired) electrons. The predicted octanol–water partition coefficient (Wildman–Crippen LogP) is 4.51. The van der Waals surface area contributed by atoms with Gasteiger partial charge in [0.1, 0.15) is 24.2 Å². The lowest BCUT2D eigenvalue weighted by atomic mass is 10.1. The molecule has 0 unspecified atom stereocenters. The molecule has 1 atom stereocenters. The molecule has 1 N–H and O–H groups in total. The summed E-state index contributed by atoms with van der Waals surface area (Å²) in [6, 6.07) is 12.9. The minimum Gasteiger partial charge on any atom is -0.493 e. The van der Waals surface area contributed by atoms with Crippen LogP contribution in [0.2, 0.25) is 0 Å². The highest BCUT2D eigenvalue weighted by molar-refractivity contribution is 7.92. The molecule has 12 heteroatoms. The summed E-state index contributed by atoms with van der Waals surface area (Å²) in [5, 5.41) is 2.80. The molecule has 2 amide bonds. The molecular formula is C30H35F2N3O6S. The van der Waals surface area contributed by atoms with Gasteiger partial charge >= 0.3 is 0 Å². The van der Waals surface area contributed by atoms with Gasteiger partial charge in [-0.05, 0) is 74.4 Å². The Morgan fingerprint density at radius 2 is 1.45 bits per heavy atom. The van der Waals surface area contributed by atoms with Gasteiger partial charge in [0.25, 0.3) is 10.0 Å². The first-order valence-electron chi connectivity index (χ1n) is 13.3. The third kappa shape index (κ3) is 7.75. The summed E-state index contributed by atoms with van der Waals surface area (Å²) < 4.78 is 66.7. The van der Waals surface area contributed by atoms with Gasteiger partial charge in [-0.25, -0.2) is 17.2 Å². The molecule has 0 fully saturated rings. The van der Waals surface area contributed by atoms with Crippen LogP contribution in [0.4, 0.5) is 14.5 Å². The topological polar surface area (TPSA) is 105 Å². The van der Waals surface area contributed by atoms with E-state index < -0.39 is 46.1 Å². The van der Waals surface area contributed by atoms with Crippen molar-refractivity contribution in [2.45, 2.75) is 50.7 Å². The second-order valence-corrected chi connectivity index (χ2v) is 11.6. The molecule has 0 aromatic heterocycles. The van der Waals surface area contributed by atoms with E-state index in [-0.39, 0.29) is 35.3 Å². The van der Waals surface area contributed by atoms with E-state index in [1.807, 2.05) is 0 Å². The monoisotopic (exact) mass is 603 g/mol. The van der Waals surface area contributed by atoms with Crippen molar-refractivity contribution in [1.29, 1.82) is 0 Å². The number of rotatable bonds is 13. The third-order valence-corrected chi connectivity index (χ3v) is 8.19. The van der Waals surface area contributed by atoms with Crippen LogP contribution in [0.1, 0.15) is 32.8 Å². The maximum absolute atomic E-state index is 14.0. The van der Waals surface area contributed by atoms with Gasteiger partial charge in [-0.1, -0.05) is 19.1 Å². The standard InChI is InChI=1S/C30H35F2N3O6S/c1-6-26(30(37)33-20(2)3)34(18-21-7-9-22(31)10-8-21)29(36)19-35(24-13-11-23(32)12-14-24)42(38,39)25-15-16-27(40-4)28(17-25)41-5/h7-17,20,26H,6,18-19H2,1-5H3,(H,33,37)/t26-/m1/s1. The van der Waals surface area contributed by atoms with Gasteiger partial charge in [-0.2, -0.15) is 0 Å². The summed E-state index contributed by atoms with van der Waals surface area (Å²) >= 11 is 0. The summed E-state index contributed by atoms with van der Waals surface area (Å²) in [6.07, 6.45) is 0.227. The minimum absolute atomic E-state index is 0.0287. The summed E-state index contributed by atoms with van der Waals surface area (Å²) in [4.78, 5) is 28.2. The maximum atomic E-state index is 14.0. The van der Waals surface area contributed by atoms with Crippen LogP contribution < -0.4 is 19.1 Å². The molecule has 3 aromatic carbocycles. The minimum atomic E-state index is -4.43. The normalized spacial score (nSPS) is 12.0. The third-order valence-electron chi connectivity index (χ3n) is 6.42. The van der Waals surface area contributed by atoms with Gasteiger partial charge < -0.3 is 19.7 Å². The fourth-order valence-corrected chi connectivity index (χ4v) is 5.76. The van der Waals surface area contributed by atoms with Crippen LogP contribution in [0.3, 0.4) is 0 Å². The van der Waals surface area contributed by atoms with Crippen LogP contribution in [0.15, 0.2) is 71.6 Å². The Bertz CT molecular complexity index is 1480. The molecule has 0 saturated heterocycles. The largest absolute Gasteiger partial charge is 0.493 e. The van der Waals surface area contributed by atoms with E-state index in [0.717, 1.165) is 16.4 Å². The number of hydrogen-bond donors (Lipinski definition) is 1. The second-order valence-electron chi connectivity index (χ2n) is 9.74. The number of nitrogens with one attached hydrogen (secondary N) is 1. The van der Waals surface area contributed by atoms with Crippen LogP contribution in [-0.4, -0.2) is 58.0 Å².